The van der Waals surface area contributed by atoms with E-state index in [4.69, 9.17) is 11.6 Å². The second kappa shape index (κ2) is 9.64. The third-order valence-electron chi connectivity index (χ3n) is 5.04. The summed E-state index contributed by atoms with van der Waals surface area (Å²) >= 11 is 6.09. The summed E-state index contributed by atoms with van der Waals surface area (Å²) in [6.07, 6.45) is 3.18. The summed E-state index contributed by atoms with van der Waals surface area (Å²) in [6.45, 7) is 1.66. The molecule has 32 heavy (non-hydrogen) atoms. The lowest BCUT2D eigenvalue weighted by Gasteiger charge is -2.18. The predicted octanol–water partition coefficient (Wildman–Crippen LogP) is 4.64. The largest absolute Gasteiger partial charge is 0.394 e. The first-order valence-corrected chi connectivity index (χ1v) is 10.4. The quantitative estimate of drug-likeness (QED) is 0.330. The fourth-order valence-corrected chi connectivity index (χ4v) is 3.55. The van der Waals surface area contributed by atoms with Crippen LogP contribution in [0.5, 0.6) is 0 Å². The molecule has 7 nitrogen and oxygen atoms in total. The molecule has 2 aromatic carbocycles. The van der Waals surface area contributed by atoms with Gasteiger partial charge in [0.25, 0.3) is 5.91 Å². The Labute approximate surface area is 190 Å². The molecule has 0 bridgehead atoms. The summed E-state index contributed by atoms with van der Waals surface area (Å²) in [5.74, 6) is 0.302. The summed E-state index contributed by atoms with van der Waals surface area (Å²) in [4.78, 5) is 24.3. The molecule has 0 aliphatic carbocycles. The van der Waals surface area contributed by atoms with Gasteiger partial charge in [0.2, 0.25) is 0 Å². The molecule has 2 aromatic heterocycles. The molecule has 4 rings (SSSR count). The van der Waals surface area contributed by atoms with Crippen molar-refractivity contribution in [2.45, 2.75) is 13.0 Å². The van der Waals surface area contributed by atoms with Gasteiger partial charge < -0.3 is 20.7 Å². The van der Waals surface area contributed by atoms with Crippen molar-refractivity contribution < 1.29 is 9.90 Å². The maximum atomic E-state index is 12.8. The minimum atomic E-state index is -0.575. The van der Waals surface area contributed by atoms with Crippen LogP contribution in [0.4, 0.5) is 11.5 Å². The number of aryl methyl sites for hydroxylation is 1. The second-order valence-electron chi connectivity index (χ2n) is 7.29. The molecule has 8 heteroatoms. The van der Waals surface area contributed by atoms with Crippen molar-refractivity contribution in [3.63, 3.8) is 0 Å². The molecule has 1 amide bonds. The van der Waals surface area contributed by atoms with Crippen LogP contribution in [0.3, 0.4) is 0 Å². The smallest absolute Gasteiger partial charge is 0.268 e. The van der Waals surface area contributed by atoms with E-state index in [1.165, 1.54) is 6.33 Å². The molecule has 0 spiro atoms. The lowest BCUT2D eigenvalue weighted by atomic mass is 10.0. The van der Waals surface area contributed by atoms with E-state index in [1.807, 2.05) is 49.4 Å². The van der Waals surface area contributed by atoms with Crippen LogP contribution in [0.15, 0.2) is 73.2 Å². The van der Waals surface area contributed by atoms with Gasteiger partial charge >= 0.3 is 0 Å². The number of aliphatic hydroxyl groups excluding tert-OH is 1. The van der Waals surface area contributed by atoms with Crippen molar-refractivity contribution in [1.82, 2.24) is 20.3 Å². The van der Waals surface area contributed by atoms with Crippen molar-refractivity contribution in [2.24, 2.45) is 0 Å². The fraction of sp³-hybridized carbons (Fsp3) is 0.125. The molecule has 0 unspecified atom stereocenters. The number of anilines is 2. The number of benzene rings is 2. The van der Waals surface area contributed by atoms with Crippen LogP contribution in [0, 0.1) is 6.92 Å². The highest BCUT2D eigenvalue weighted by Crippen LogP contribution is 2.24. The average molecular weight is 448 g/mol. The minimum Gasteiger partial charge on any atom is -0.394 e. The number of nitrogens with zero attached hydrogens (tertiary/aromatic N) is 2. The first kappa shape index (κ1) is 21.5. The minimum absolute atomic E-state index is 0.249. The van der Waals surface area contributed by atoms with E-state index in [9.17, 15) is 9.90 Å². The summed E-state index contributed by atoms with van der Waals surface area (Å²) in [6, 6.07) is 18.0. The molecule has 0 aliphatic rings. The monoisotopic (exact) mass is 447 g/mol. The lowest BCUT2D eigenvalue weighted by Crippen LogP contribution is -2.31. The molecule has 0 fully saturated rings. The molecule has 4 N–H and O–H groups in total. The molecule has 0 aliphatic heterocycles. The molecule has 0 saturated carbocycles. The number of rotatable bonds is 7. The van der Waals surface area contributed by atoms with E-state index in [0.717, 1.165) is 22.4 Å². The Morgan fingerprint density at radius 2 is 1.94 bits per heavy atom. The van der Waals surface area contributed by atoms with Gasteiger partial charge in [-0.15, -0.1) is 0 Å². The number of hydrogen-bond donors (Lipinski definition) is 4. The van der Waals surface area contributed by atoms with Crippen LogP contribution < -0.4 is 10.6 Å². The highest BCUT2D eigenvalue weighted by molar-refractivity contribution is 6.30. The zero-order valence-corrected chi connectivity index (χ0v) is 18.1. The van der Waals surface area contributed by atoms with Gasteiger partial charge in [-0.2, -0.15) is 0 Å². The van der Waals surface area contributed by atoms with E-state index in [2.05, 4.69) is 25.6 Å². The number of hydrogen-bond acceptors (Lipinski definition) is 5. The fourth-order valence-electron chi connectivity index (χ4n) is 3.37. The molecule has 0 radical (unpaired) electrons. The molecule has 162 valence electrons. The van der Waals surface area contributed by atoms with Crippen molar-refractivity contribution >= 4 is 29.0 Å². The number of halogens is 1. The molecule has 1 atom stereocenters. The highest BCUT2D eigenvalue weighted by Gasteiger charge is 2.19. The number of carbonyl (C=O) groups is 1. The summed E-state index contributed by atoms with van der Waals surface area (Å²) < 4.78 is 0. The van der Waals surface area contributed by atoms with Crippen molar-refractivity contribution in [2.75, 3.05) is 11.9 Å². The number of para-hydroxylation sites is 1. The number of aliphatic hydroxyl groups is 1. The summed E-state index contributed by atoms with van der Waals surface area (Å²) in [5.41, 5.74) is 4.38. The third kappa shape index (κ3) is 4.96. The maximum absolute atomic E-state index is 12.8. The third-order valence-corrected chi connectivity index (χ3v) is 5.28. The first-order chi connectivity index (χ1) is 15.5. The number of aromatic nitrogens is 3. The zero-order valence-electron chi connectivity index (χ0n) is 17.3. The Hall–Kier alpha value is -3.68. The van der Waals surface area contributed by atoms with Gasteiger partial charge in [0.05, 0.1) is 18.3 Å². The Morgan fingerprint density at radius 3 is 2.72 bits per heavy atom. The number of H-pyrrole nitrogens is 1. The SMILES string of the molecule is Cc1ccc(Cl)cc1[C@@H](CO)NC(=O)c1cc(-c2cc(Nc3ccccc3)ncn2)c[nH]1. The van der Waals surface area contributed by atoms with E-state index < -0.39 is 6.04 Å². The number of nitrogens with one attached hydrogen (secondary N) is 3. The number of amides is 1. The molecule has 4 aromatic rings. The normalized spacial score (nSPS) is 11.7. The topological polar surface area (TPSA) is 103 Å². The Bertz CT molecular complexity index is 1230. The maximum Gasteiger partial charge on any atom is 0.268 e. The van der Waals surface area contributed by atoms with E-state index in [-0.39, 0.29) is 12.5 Å². The molecular weight excluding hydrogens is 426 g/mol. The number of aromatic amines is 1. The van der Waals surface area contributed by atoms with Crippen molar-refractivity contribution in [3.8, 4) is 11.3 Å². The van der Waals surface area contributed by atoms with Crippen molar-refractivity contribution in [3.05, 3.63) is 95.0 Å². The molecule has 2 heterocycles. The van der Waals surface area contributed by atoms with Crippen LogP contribution >= 0.6 is 11.6 Å². The Balaban J connectivity index is 1.50. The van der Waals surface area contributed by atoms with Gasteiger partial charge in [0, 0.05) is 28.5 Å². The van der Waals surface area contributed by atoms with Gasteiger partial charge in [0.1, 0.15) is 17.8 Å². The lowest BCUT2D eigenvalue weighted by molar-refractivity contribution is 0.0911. The van der Waals surface area contributed by atoms with Crippen LogP contribution in [0.2, 0.25) is 5.02 Å². The zero-order chi connectivity index (χ0) is 22.5. The Morgan fingerprint density at radius 1 is 1.12 bits per heavy atom. The van der Waals surface area contributed by atoms with Gasteiger partial charge in [0.15, 0.2) is 0 Å². The highest BCUT2D eigenvalue weighted by atomic mass is 35.5. The van der Waals surface area contributed by atoms with Crippen LogP contribution in [0.25, 0.3) is 11.3 Å². The van der Waals surface area contributed by atoms with Gasteiger partial charge in [-0.1, -0.05) is 35.9 Å². The van der Waals surface area contributed by atoms with Gasteiger partial charge in [-0.25, -0.2) is 9.97 Å². The van der Waals surface area contributed by atoms with E-state index >= 15 is 0 Å². The molecule has 0 saturated heterocycles. The second-order valence-corrected chi connectivity index (χ2v) is 7.73. The van der Waals surface area contributed by atoms with E-state index in [0.29, 0.717) is 22.2 Å². The summed E-state index contributed by atoms with van der Waals surface area (Å²) in [5, 5.41) is 16.5. The summed E-state index contributed by atoms with van der Waals surface area (Å²) in [7, 11) is 0. The first-order valence-electron chi connectivity index (χ1n) is 10.0. The Kier molecular flexibility index (Phi) is 6.49. The van der Waals surface area contributed by atoms with Gasteiger partial charge in [-0.3, -0.25) is 4.79 Å². The number of carbonyl (C=O) groups excluding carboxylic acids is 1. The van der Waals surface area contributed by atoms with Crippen LogP contribution in [-0.4, -0.2) is 32.6 Å². The molecular formula is C24H22ClN5O2. The van der Waals surface area contributed by atoms with Crippen LogP contribution in [0.1, 0.15) is 27.7 Å². The van der Waals surface area contributed by atoms with Crippen molar-refractivity contribution in [1.29, 1.82) is 0 Å². The predicted molar refractivity (Wildman–Crippen MR) is 125 cm³/mol. The average Bonchev–Trinajstić information content (AvgIpc) is 3.31. The van der Waals surface area contributed by atoms with Gasteiger partial charge in [-0.05, 0) is 48.4 Å². The standard InChI is InChI=1S/C24H22ClN5O2/c1-15-7-8-17(25)10-19(15)22(13-31)30-24(32)21-9-16(12-26-21)20-11-23(28-14-27-20)29-18-5-3-2-4-6-18/h2-12,14,22,26,31H,13H2,1H3,(H,30,32)(H,27,28,29)/t22-/m1/s1. The van der Waals surface area contributed by atoms with Crippen LogP contribution in [-0.2, 0) is 0 Å². The van der Waals surface area contributed by atoms with E-state index in [1.54, 1.807) is 24.4 Å².